The van der Waals surface area contributed by atoms with E-state index in [1.165, 1.54) is 6.92 Å². The maximum atomic E-state index is 11.9. The minimum Gasteiger partial charge on any atom is -0.482 e. The fraction of sp³-hybridized carbons (Fsp3) is 0.263. The molecule has 0 aliphatic carbocycles. The number of para-hydroxylation sites is 1. The Kier molecular flexibility index (Phi) is 5.52. The SMILES string of the molecule is CC(=O)c1ccc(OC(=O)COc2ccccc2C(C)C)cc1. The van der Waals surface area contributed by atoms with Crippen LogP contribution in [-0.2, 0) is 4.79 Å². The molecular formula is C19H20O4. The van der Waals surface area contributed by atoms with Crippen molar-refractivity contribution in [2.45, 2.75) is 26.7 Å². The number of esters is 1. The van der Waals surface area contributed by atoms with Gasteiger partial charge in [0.2, 0.25) is 0 Å². The number of rotatable bonds is 6. The summed E-state index contributed by atoms with van der Waals surface area (Å²) in [7, 11) is 0. The van der Waals surface area contributed by atoms with E-state index in [1.807, 2.05) is 24.3 Å². The van der Waals surface area contributed by atoms with Crippen LogP contribution in [-0.4, -0.2) is 18.4 Å². The van der Waals surface area contributed by atoms with Crippen LogP contribution < -0.4 is 9.47 Å². The zero-order valence-electron chi connectivity index (χ0n) is 13.5. The van der Waals surface area contributed by atoms with Crippen LogP contribution >= 0.6 is 0 Å². The molecule has 0 aliphatic rings. The number of hydrogen-bond donors (Lipinski definition) is 0. The third-order valence-corrected chi connectivity index (χ3v) is 3.38. The Labute approximate surface area is 136 Å². The molecule has 0 heterocycles. The largest absolute Gasteiger partial charge is 0.482 e. The highest BCUT2D eigenvalue weighted by atomic mass is 16.6. The molecule has 0 unspecified atom stereocenters. The summed E-state index contributed by atoms with van der Waals surface area (Å²) < 4.78 is 10.8. The normalized spacial score (nSPS) is 10.4. The van der Waals surface area contributed by atoms with E-state index in [9.17, 15) is 9.59 Å². The van der Waals surface area contributed by atoms with E-state index < -0.39 is 5.97 Å². The van der Waals surface area contributed by atoms with Gasteiger partial charge in [-0.3, -0.25) is 4.79 Å². The van der Waals surface area contributed by atoms with Crippen molar-refractivity contribution in [2.24, 2.45) is 0 Å². The fourth-order valence-electron chi connectivity index (χ4n) is 2.14. The van der Waals surface area contributed by atoms with Gasteiger partial charge in [0.15, 0.2) is 12.4 Å². The van der Waals surface area contributed by atoms with Gasteiger partial charge in [-0.05, 0) is 48.7 Å². The van der Waals surface area contributed by atoms with E-state index in [2.05, 4.69) is 13.8 Å². The van der Waals surface area contributed by atoms with E-state index in [-0.39, 0.29) is 12.4 Å². The third-order valence-electron chi connectivity index (χ3n) is 3.38. The molecule has 2 aromatic carbocycles. The van der Waals surface area contributed by atoms with Crippen molar-refractivity contribution in [3.05, 3.63) is 59.7 Å². The van der Waals surface area contributed by atoms with Crippen molar-refractivity contribution < 1.29 is 19.1 Å². The van der Waals surface area contributed by atoms with Crippen LogP contribution in [0.25, 0.3) is 0 Å². The summed E-state index contributed by atoms with van der Waals surface area (Å²) in [5.74, 6) is 0.865. The molecule has 0 spiro atoms. The summed E-state index contributed by atoms with van der Waals surface area (Å²) in [5.41, 5.74) is 1.62. The molecule has 2 rings (SSSR count). The smallest absolute Gasteiger partial charge is 0.349 e. The van der Waals surface area contributed by atoms with Crippen LogP contribution in [0.5, 0.6) is 11.5 Å². The number of benzene rings is 2. The van der Waals surface area contributed by atoms with E-state index in [4.69, 9.17) is 9.47 Å². The van der Waals surface area contributed by atoms with Gasteiger partial charge in [0.1, 0.15) is 11.5 Å². The molecule has 0 aliphatic heterocycles. The van der Waals surface area contributed by atoms with E-state index in [1.54, 1.807) is 24.3 Å². The van der Waals surface area contributed by atoms with Crippen LogP contribution in [0.4, 0.5) is 0 Å². The lowest BCUT2D eigenvalue weighted by molar-refractivity contribution is -0.136. The highest BCUT2D eigenvalue weighted by Crippen LogP contribution is 2.25. The zero-order valence-corrected chi connectivity index (χ0v) is 13.5. The maximum absolute atomic E-state index is 11.9. The van der Waals surface area contributed by atoms with Gasteiger partial charge < -0.3 is 9.47 Å². The molecule has 4 heteroatoms. The van der Waals surface area contributed by atoms with Crippen LogP contribution in [0.1, 0.15) is 42.6 Å². The standard InChI is InChI=1S/C19H20O4/c1-13(2)17-6-4-5-7-18(17)22-12-19(21)23-16-10-8-15(9-11-16)14(3)20/h4-11,13H,12H2,1-3H3. The topological polar surface area (TPSA) is 52.6 Å². The Bertz CT molecular complexity index is 687. The Morgan fingerprint density at radius 2 is 1.65 bits per heavy atom. The summed E-state index contributed by atoms with van der Waals surface area (Å²) in [4.78, 5) is 23.1. The summed E-state index contributed by atoms with van der Waals surface area (Å²) in [6.07, 6.45) is 0. The number of Topliss-reactive ketones (excluding diaryl/α,β-unsaturated/α-hetero) is 1. The number of carbonyl (C=O) groups is 2. The van der Waals surface area contributed by atoms with Gasteiger partial charge in [-0.1, -0.05) is 32.0 Å². The first kappa shape index (κ1) is 16.7. The summed E-state index contributed by atoms with van der Waals surface area (Å²) in [5, 5.41) is 0. The summed E-state index contributed by atoms with van der Waals surface area (Å²) in [6, 6.07) is 14.1. The molecule has 0 radical (unpaired) electrons. The minimum atomic E-state index is -0.487. The molecule has 0 atom stereocenters. The molecule has 120 valence electrons. The lowest BCUT2D eigenvalue weighted by atomic mass is 10.0. The van der Waals surface area contributed by atoms with Crippen molar-refractivity contribution in [1.29, 1.82) is 0 Å². The lowest BCUT2D eigenvalue weighted by Gasteiger charge is -2.13. The lowest BCUT2D eigenvalue weighted by Crippen LogP contribution is -2.18. The van der Waals surface area contributed by atoms with E-state index in [0.29, 0.717) is 23.0 Å². The number of carbonyl (C=O) groups excluding carboxylic acids is 2. The van der Waals surface area contributed by atoms with Gasteiger partial charge in [-0.25, -0.2) is 4.79 Å². The number of ketones is 1. The third kappa shape index (κ3) is 4.68. The maximum Gasteiger partial charge on any atom is 0.349 e. The quantitative estimate of drug-likeness (QED) is 0.459. The second kappa shape index (κ2) is 7.58. The highest BCUT2D eigenvalue weighted by Gasteiger charge is 2.11. The van der Waals surface area contributed by atoms with Crippen molar-refractivity contribution in [1.82, 2.24) is 0 Å². The molecule has 0 saturated heterocycles. The molecule has 0 amide bonds. The van der Waals surface area contributed by atoms with Crippen molar-refractivity contribution in [3.63, 3.8) is 0 Å². The average Bonchev–Trinajstić information content (AvgIpc) is 2.53. The summed E-state index contributed by atoms with van der Waals surface area (Å²) in [6.45, 7) is 5.45. The number of hydrogen-bond acceptors (Lipinski definition) is 4. The van der Waals surface area contributed by atoms with Crippen LogP contribution in [0, 0.1) is 0 Å². The summed E-state index contributed by atoms with van der Waals surface area (Å²) >= 11 is 0. The van der Waals surface area contributed by atoms with Crippen LogP contribution in [0.3, 0.4) is 0 Å². The van der Waals surface area contributed by atoms with Gasteiger partial charge in [-0.2, -0.15) is 0 Å². The van der Waals surface area contributed by atoms with Crippen molar-refractivity contribution in [3.8, 4) is 11.5 Å². The predicted molar refractivity (Wildman–Crippen MR) is 88.1 cm³/mol. The number of ether oxygens (including phenoxy) is 2. The molecule has 0 fully saturated rings. The molecule has 0 saturated carbocycles. The van der Waals surface area contributed by atoms with Crippen molar-refractivity contribution in [2.75, 3.05) is 6.61 Å². The Morgan fingerprint density at radius 1 is 1.00 bits per heavy atom. The van der Waals surface area contributed by atoms with Gasteiger partial charge in [-0.15, -0.1) is 0 Å². The molecule has 23 heavy (non-hydrogen) atoms. The molecule has 0 aromatic heterocycles. The van der Waals surface area contributed by atoms with Gasteiger partial charge in [0.05, 0.1) is 0 Å². The first-order valence-electron chi connectivity index (χ1n) is 7.50. The Morgan fingerprint density at radius 3 is 2.26 bits per heavy atom. The van der Waals surface area contributed by atoms with E-state index >= 15 is 0 Å². The van der Waals surface area contributed by atoms with Crippen LogP contribution in [0.2, 0.25) is 0 Å². The van der Waals surface area contributed by atoms with E-state index in [0.717, 1.165) is 5.56 Å². The molecular weight excluding hydrogens is 292 g/mol. The second-order valence-electron chi connectivity index (χ2n) is 5.54. The molecule has 2 aromatic rings. The second-order valence-corrected chi connectivity index (χ2v) is 5.54. The first-order valence-corrected chi connectivity index (χ1v) is 7.50. The molecule has 4 nitrogen and oxygen atoms in total. The molecule has 0 bridgehead atoms. The monoisotopic (exact) mass is 312 g/mol. The predicted octanol–water partition coefficient (Wildman–Crippen LogP) is 4.00. The Hall–Kier alpha value is -2.62. The highest BCUT2D eigenvalue weighted by molar-refractivity contribution is 5.94. The minimum absolute atomic E-state index is 0.0310. The van der Waals surface area contributed by atoms with Gasteiger partial charge in [0, 0.05) is 5.56 Å². The first-order chi connectivity index (χ1) is 11.0. The van der Waals surface area contributed by atoms with Gasteiger partial charge in [0.25, 0.3) is 0 Å². The molecule has 0 N–H and O–H groups in total. The Balaban J connectivity index is 1.94. The average molecular weight is 312 g/mol. The van der Waals surface area contributed by atoms with Gasteiger partial charge >= 0.3 is 5.97 Å². The van der Waals surface area contributed by atoms with Crippen molar-refractivity contribution >= 4 is 11.8 Å². The van der Waals surface area contributed by atoms with Crippen LogP contribution in [0.15, 0.2) is 48.5 Å². The zero-order chi connectivity index (χ0) is 16.8. The fourth-order valence-corrected chi connectivity index (χ4v) is 2.14.